The summed E-state index contributed by atoms with van der Waals surface area (Å²) in [6, 6.07) is 15.9. The van der Waals surface area contributed by atoms with E-state index in [4.69, 9.17) is 9.47 Å². The summed E-state index contributed by atoms with van der Waals surface area (Å²) >= 11 is 0. The SMILES string of the molecule is O=C(CN1CCCCCCOc2ccccc2Oc2ncccc2C1)NCCS(=O)(=O)c1ccc(F)cc1. The fourth-order valence-electron chi connectivity index (χ4n) is 4.17. The van der Waals surface area contributed by atoms with E-state index in [1.165, 1.54) is 12.1 Å². The monoisotopic (exact) mass is 541 g/mol. The predicted octanol–water partition coefficient (Wildman–Crippen LogP) is 4.36. The van der Waals surface area contributed by atoms with E-state index in [1.807, 2.05) is 41.3 Å². The summed E-state index contributed by atoms with van der Waals surface area (Å²) in [6.45, 7) is 1.78. The predicted molar refractivity (Wildman–Crippen MR) is 141 cm³/mol. The van der Waals surface area contributed by atoms with Crippen molar-refractivity contribution in [3.05, 3.63) is 78.2 Å². The molecule has 0 saturated heterocycles. The lowest BCUT2D eigenvalue weighted by molar-refractivity contribution is -0.122. The van der Waals surface area contributed by atoms with Crippen LogP contribution >= 0.6 is 0 Å². The van der Waals surface area contributed by atoms with Crippen molar-refractivity contribution in [1.82, 2.24) is 15.2 Å². The van der Waals surface area contributed by atoms with Crippen LogP contribution in [-0.2, 0) is 21.2 Å². The van der Waals surface area contributed by atoms with Gasteiger partial charge < -0.3 is 14.8 Å². The normalized spacial score (nSPS) is 15.2. The van der Waals surface area contributed by atoms with Crippen LogP contribution in [0.4, 0.5) is 4.39 Å². The van der Waals surface area contributed by atoms with Gasteiger partial charge in [-0.05, 0) is 61.9 Å². The van der Waals surface area contributed by atoms with E-state index in [9.17, 15) is 17.6 Å². The van der Waals surface area contributed by atoms with Gasteiger partial charge in [0, 0.05) is 24.8 Å². The topological polar surface area (TPSA) is 97.8 Å². The Morgan fingerprint density at radius 1 is 0.974 bits per heavy atom. The molecule has 2 heterocycles. The lowest BCUT2D eigenvalue weighted by Gasteiger charge is -2.23. The van der Waals surface area contributed by atoms with Crippen molar-refractivity contribution in [2.75, 3.05) is 32.0 Å². The molecule has 0 fully saturated rings. The van der Waals surface area contributed by atoms with Crippen molar-refractivity contribution in [1.29, 1.82) is 0 Å². The third kappa shape index (κ3) is 8.00. The Morgan fingerprint density at radius 2 is 1.74 bits per heavy atom. The Balaban J connectivity index is 1.41. The molecule has 0 aliphatic carbocycles. The number of ether oxygens (including phenoxy) is 2. The van der Waals surface area contributed by atoms with Crippen LogP contribution in [0.2, 0.25) is 0 Å². The van der Waals surface area contributed by atoms with Crippen LogP contribution in [0.25, 0.3) is 0 Å². The molecule has 0 atom stereocenters. The second-order valence-corrected chi connectivity index (χ2v) is 11.2. The molecule has 0 bridgehead atoms. The molecular formula is C28H32FN3O5S. The lowest BCUT2D eigenvalue weighted by atomic mass is 10.1. The molecule has 0 radical (unpaired) electrons. The molecule has 10 heteroatoms. The van der Waals surface area contributed by atoms with Crippen LogP contribution in [0.1, 0.15) is 31.2 Å². The number of amides is 1. The number of aromatic nitrogens is 1. The highest BCUT2D eigenvalue weighted by Crippen LogP contribution is 2.32. The van der Waals surface area contributed by atoms with E-state index in [1.54, 1.807) is 6.20 Å². The average molecular weight is 542 g/mol. The number of benzene rings is 2. The maximum Gasteiger partial charge on any atom is 0.234 e. The summed E-state index contributed by atoms with van der Waals surface area (Å²) in [6.07, 6.45) is 5.47. The number of hydrogen-bond acceptors (Lipinski definition) is 7. The summed E-state index contributed by atoms with van der Waals surface area (Å²) in [4.78, 5) is 19.2. The Kier molecular flexibility index (Phi) is 9.67. The molecular weight excluding hydrogens is 509 g/mol. The Labute approximate surface area is 222 Å². The maximum absolute atomic E-state index is 13.1. The second-order valence-electron chi connectivity index (χ2n) is 9.11. The van der Waals surface area contributed by atoms with E-state index in [0.29, 0.717) is 37.1 Å². The van der Waals surface area contributed by atoms with Gasteiger partial charge in [0.05, 0.1) is 23.8 Å². The van der Waals surface area contributed by atoms with Crippen molar-refractivity contribution in [3.63, 3.8) is 0 Å². The van der Waals surface area contributed by atoms with Crippen molar-refractivity contribution in [2.45, 2.75) is 37.1 Å². The average Bonchev–Trinajstić information content (AvgIpc) is 2.90. The number of rotatable bonds is 6. The first-order valence-corrected chi connectivity index (χ1v) is 14.4. The van der Waals surface area contributed by atoms with Gasteiger partial charge in [-0.1, -0.05) is 31.0 Å². The zero-order valence-electron chi connectivity index (χ0n) is 21.1. The third-order valence-electron chi connectivity index (χ3n) is 6.16. The van der Waals surface area contributed by atoms with Gasteiger partial charge in [-0.25, -0.2) is 17.8 Å². The highest BCUT2D eigenvalue weighted by atomic mass is 32.2. The van der Waals surface area contributed by atoms with E-state index >= 15 is 0 Å². The first-order chi connectivity index (χ1) is 18.4. The number of halogens is 1. The van der Waals surface area contributed by atoms with Crippen molar-refractivity contribution in [3.8, 4) is 17.4 Å². The summed E-state index contributed by atoms with van der Waals surface area (Å²) in [5.74, 6) is 0.632. The summed E-state index contributed by atoms with van der Waals surface area (Å²) in [5, 5.41) is 2.71. The van der Waals surface area contributed by atoms with E-state index < -0.39 is 15.7 Å². The number of nitrogens with one attached hydrogen (secondary N) is 1. The fraction of sp³-hybridized carbons (Fsp3) is 0.357. The number of pyridine rings is 1. The van der Waals surface area contributed by atoms with E-state index in [-0.39, 0.29) is 29.6 Å². The largest absolute Gasteiger partial charge is 0.490 e. The molecule has 8 nitrogen and oxygen atoms in total. The molecule has 1 N–H and O–H groups in total. The summed E-state index contributed by atoms with van der Waals surface area (Å²) < 4.78 is 50.2. The Hall–Kier alpha value is -3.50. The number of hydrogen-bond donors (Lipinski definition) is 1. The van der Waals surface area contributed by atoms with Crippen LogP contribution in [0, 0.1) is 5.82 Å². The number of nitrogens with zero attached hydrogens (tertiary/aromatic N) is 2. The quantitative estimate of drug-likeness (QED) is 0.463. The van der Waals surface area contributed by atoms with Gasteiger partial charge in [-0.15, -0.1) is 0 Å². The highest BCUT2D eigenvalue weighted by Gasteiger charge is 2.18. The molecule has 1 aliphatic heterocycles. The number of carbonyl (C=O) groups is 1. The van der Waals surface area contributed by atoms with Crippen LogP contribution in [0.3, 0.4) is 0 Å². The minimum Gasteiger partial charge on any atom is -0.490 e. The van der Waals surface area contributed by atoms with Crippen LogP contribution in [-0.4, -0.2) is 56.2 Å². The molecule has 0 spiro atoms. The zero-order valence-corrected chi connectivity index (χ0v) is 22.0. The zero-order chi connectivity index (χ0) is 26.8. The lowest BCUT2D eigenvalue weighted by Crippen LogP contribution is -2.39. The third-order valence-corrected chi connectivity index (χ3v) is 7.89. The van der Waals surface area contributed by atoms with E-state index in [2.05, 4.69) is 10.3 Å². The van der Waals surface area contributed by atoms with Gasteiger partial charge in [0.1, 0.15) is 5.82 Å². The molecule has 3 aromatic rings. The first kappa shape index (κ1) is 27.5. The maximum atomic E-state index is 13.1. The van der Waals surface area contributed by atoms with Crippen LogP contribution in [0.15, 0.2) is 71.8 Å². The minimum absolute atomic E-state index is 0.0269. The molecule has 38 heavy (non-hydrogen) atoms. The summed E-state index contributed by atoms with van der Waals surface area (Å²) in [7, 11) is -3.63. The van der Waals surface area contributed by atoms with Gasteiger partial charge in [-0.3, -0.25) is 9.69 Å². The molecule has 1 amide bonds. The minimum atomic E-state index is -3.63. The van der Waals surface area contributed by atoms with Crippen molar-refractivity contribution < 1.29 is 27.1 Å². The molecule has 1 aromatic heterocycles. The summed E-state index contributed by atoms with van der Waals surface area (Å²) in [5.41, 5.74) is 0.825. The van der Waals surface area contributed by atoms with Gasteiger partial charge >= 0.3 is 0 Å². The number of para-hydroxylation sites is 2. The molecule has 1 aliphatic rings. The fourth-order valence-corrected chi connectivity index (χ4v) is 5.32. The second kappa shape index (κ2) is 13.3. The van der Waals surface area contributed by atoms with Gasteiger partial charge in [0.25, 0.3) is 0 Å². The smallest absolute Gasteiger partial charge is 0.234 e. The number of fused-ring (bicyclic) bond motifs is 2. The van der Waals surface area contributed by atoms with Gasteiger partial charge in [-0.2, -0.15) is 0 Å². The van der Waals surface area contributed by atoms with E-state index in [0.717, 1.165) is 43.4 Å². The first-order valence-electron chi connectivity index (χ1n) is 12.7. The van der Waals surface area contributed by atoms with Crippen LogP contribution < -0.4 is 14.8 Å². The molecule has 0 saturated carbocycles. The van der Waals surface area contributed by atoms with Gasteiger partial charge in [0.2, 0.25) is 11.8 Å². The highest BCUT2D eigenvalue weighted by molar-refractivity contribution is 7.91. The molecule has 2 aromatic carbocycles. The number of carbonyl (C=O) groups excluding carboxylic acids is 1. The number of sulfone groups is 1. The Morgan fingerprint density at radius 3 is 2.55 bits per heavy atom. The molecule has 0 unspecified atom stereocenters. The van der Waals surface area contributed by atoms with Crippen molar-refractivity contribution >= 4 is 15.7 Å². The van der Waals surface area contributed by atoms with Crippen LogP contribution in [0.5, 0.6) is 17.4 Å². The molecule has 202 valence electrons. The van der Waals surface area contributed by atoms with Gasteiger partial charge in [0.15, 0.2) is 21.3 Å². The van der Waals surface area contributed by atoms with Crippen molar-refractivity contribution in [2.24, 2.45) is 0 Å². The molecule has 4 rings (SSSR count). The Bertz CT molecular complexity index is 1320. The standard InChI is InChI=1S/C28H32FN3O5S/c29-23-11-13-24(14-12-23)38(34,35)19-16-30-27(33)21-32-17-5-1-2-6-18-36-25-9-3-4-10-26(25)37-28-22(20-32)8-7-15-31-28/h3-4,7-15H,1-2,5-6,16-21H2,(H,30,33).